The molecule has 2 fully saturated rings. The van der Waals surface area contributed by atoms with Crippen LogP contribution in [0.1, 0.15) is 47.6 Å². The van der Waals surface area contributed by atoms with Gasteiger partial charge in [-0.15, -0.1) is 0 Å². The SMILES string of the molecule is Cc1cc(C(=O)N2C3CCC2CC(O)(Cn2c(C)cc4ccncc42)C3)on1. The van der Waals surface area contributed by atoms with Crippen LogP contribution >= 0.6 is 0 Å². The molecule has 2 saturated heterocycles. The van der Waals surface area contributed by atoms with Gasteiger partial charge in [0, 0.05) is 35.4 Å². The lowest BCUT2D eigenvalue weighted by atomic mass is 9.85. The van der Waals surface area contributed by atoms with Crippen LogP contribution in [0.2, 0.25) is 0 Å². The molecular formula is C21H24N4O3. The number of hydrogen-bond acceptors (Lipinski definition) is 5. The van der Waals surface area contributed by atoms with Crippen LogP contribution in [0, 0.1) is 13.8 Å². The van der Waals surface area contributed by atoms with Gasteiger partial charge in [-0.05, 0) is 51.7 Å². The third kappa shape index (κ3) is 2.73. The van der Waals surface area contributed by atoms with E-state index in [9.17, 15) is 9.90 Å². The molecule has 1 amide bonds. The molecule has 5 heterocycles. The number of aliphatic hydroxyl groups is 1. The third-order valence-electron chi connectivity index (χ3n) is 6.29. The molecule has 7 heteroatoms. The lowest BCUT2D eigenvalue weighted by Gasteiger charge is -2.43. The van der Waals surface area contributed by atoms with E-state index in [1.165, 1.54) is 0 Å². The van der Waals surface area contributed by atoms with Gasteiger partial charge < -0.3 is 19.1 Å². The molecule has 0 radical (unpaired) electrons. The summed E-state index contributed by atoms with van der Waals surface area (Å²) in [7, 11) is 0. The summed E-state index contributed by atoms with van der Waals surface area (Å²) in [5.74, 6) is 0.181. The van der Waals surface area contributed by atoms with Crippen molar-refractivity contribution in [2.45, 2.75) is 63.8 Å². The number of carbonyl (C=O) groups excluding carboxylic acids is 1. The van der Waals surface area contributed by atoms with Gasteiger partial charge in [0.15, 0.2) is 0 Å². The molecule has 2 bridgehead atoms. The summed E-state index contributed by atoms with van der Waals surface area (Å²) in [5.41, 5.74) is 2.01. The molecular weight excluding hydrogens is 356 g/mol. The van der Waals surface area contributed by atoms with Crippen molar-refractivity contribution < 1.29 is 14.4 Å². The lowest BCUT2D eigenvalue weighted by molar-refractivity contribution is -0.0543. The van der Waals surface area contributed by atoms with Crippen LogP contribution in [0.15, 0.2) is 35.1 Å². The molecule has 1 N–H and O–H groups in total. The molecule has 3 aromatic heterocycles. The van der Waals surface area contributed by atoms with Crippen LogP contribution in [-0.2, 0) is 6.54 Å². The summed E-state index contributed by atoms with van der Waals surface area (Å²) < 4.78 is 7.34. The number of nitrogens with zero attached hydrogens (tertiary/aromatic N) is 4. The first-order valence-corrected chi connectivity index (χ1v) is 9.82. The minimum atomic E-state index is -0.841. The second-order valence-corrected chi connectivity index (χ2v) is 8.37. The Balaban J connectivity index is 1.40. The van der Waals surface area contributed by atoms with Crippen LogP contribution in [0.5, 0.6) is 0 Å². The molecule has 0 aromatic carbocycles. The van der Waals surface area contributed by atoms with E-state index in [4.69, 9.17) is 4.52 Å². The van der Waals surface area contributed by atoms with E-state index in [1.807, 2.05) is 24.1 Å². The Morgan fingerprint density at radius 3 is 2.71 bits per heavy atom. The molecule has 0 saturated carbocycles. The fourth-order valence-corrected chi connectivity index (χ4v) is 5.12. The van der Waals surface area contributed by atoms with E-state index in [2.05, 4.69) is 27.7 Å². The normalized spacial score (nSPS) is 26.9. The average molecular weight is 380 g/mol. The van der Waals surface area contributed by atoms with Gasteiger partial charge in [0.1, 0.15) is 0 Å². The molecule has 2 aliphatic heterocycles. The van der Waals surface area contributed by atoms with Crippen molar-refractivity contribution in [2.24, 2.45) is 0 Å². The summed E-state index contributed by atoms with van der Waals surface area (Å²) in [6.07, 6.45) is 6.61. The zero-order chi connectivity index (χ0) is 19.5. The Morgan fingerprint density at radius 1 is 1.29 bits per heavy atom. The standard InChI is InChI=1S/C21H24N4O3/c1-13-7-19(28-23-13)20(26)25-16-3-4-17(25)10-21(27,9-16)12-24-14(2)8-15-5-6-22-11-18(15)24/h5-8,11,16-17,27H,3-4,9-10,12H2,1-2H3. The van der Waals surface area contributed by atoms with Crippen molar-refractivity contribution in [3.63, 3.8) is 0 Å². The highest BCUT2D eigenvalue weighted by Gasteiger charge is 2.50. The summed E-state index contributed by atoms with van der Waals surface area (Å²) in [5, 5.41) is 16.4. The van der Waals surface area contributed by atoms with Crippen LogP contribution in [0.25, 0.3) is 10.9 Å². The Bertz CT molecular complexity index is 1040. The van der Waals surface area contributed by atoms with E-state index in [-0.39, 0.29) is 23.8 Å². The topological polar surface area (TPSA) is 84.4 Å². The van der Waals surface area contributed by atoms with Gasteiger partial charge >= 0.3 is 0 Å². The van der Waals surface area contributed by atoms with Crippen molar-refractivity contribution in [1.29, 1.82) is 0 Å². The molecule has 3 aromatic rings. The summed E-state index contributed by atoms with van der Waals surface area (Å²) in [6.45, 7) is 4.38. The van der Waals surface area contributed by atoms with Crippen molar-refractivity contribution in [1.82, 2.24) is 19.6 Å². The zero-order valence-electron chi connectivity index (χ0n) is 16.1. The second kappa shape index (κ2) is 6.17. The third-order valence-corrected chi connectivity index (χ3v) is 6.29. The maximum Gasteiger partial charge on any atom is 0.292 e. The van der Waals surface area contributed by atoms with Crippen LogP contribution in [-0.4, -0.2) is 48.3 Å². The Labute approximate surface area is 162 Å². The Kier molecular flexibility index (Phi) is 3.84. The van der Waals surface area contributed by atoms with Crippen LogP contribution in [0.3, 0.4) is 0 Å². The highest BCUT2D eigenvalue weighted by atomic mass is 16.5. The van der Waals surface area contributed by atoms with E-state index >= 15 is 0 Å². The molecule has 0 aliphatic carbocycles. The van der Waals surface area contributed by atoms with Gasteiger partial charge in [-0.1, -0.05) is 5.16 Å². The largest absolute Gasteiger partial charge is 0.388 e. The van der Waals surface area contributed by atoms with Gasteiger partial charge in [-0.2, -0.15) is 0 Å². The van der Waals surface area contributed by atoms with Crippen molar-refractivity contribution >= 4 is 16.8 Å². The van der Waals surface area contributed by atoms with Gasteiger partial charge in [-0.3, -0.25) is 9.78 Å². The molecule has 2 aliphatic rings. The monoisotopic (exact) mass is 380 g/mol. The first-order valence-electron chi connectivity index (χ1n) is 9.82. The summed E-state index contributed by atoms with van der Waals surface area (Å²) in [4.78, 5) is 19.1. The molecule has 7 nitrogen and oxygen atoms in total. The number of carbonyl (C=O) groups is 1. The maximum atomic E-state index is 12.9. The summed E-state index contributed by atoms with van der Waals surface area (Å²) in [6, 6.07) is 5.86. The highest BCUT2D eigenvalue weighted by Crippen LogP contribution is 2.42. The number of fused-ring (bicyclic) bond motifs is 3. The molecule has 2 unspecified atom stereocenters. The smallest absolute Gasteiger partial charge is 0.292 e. The number of amides is 1. The van der Waals surface area contributed by atoms with Crippen LogP contribution < -0.4 is 0 Å². The number of aromatic nitrogens is 3. The van der Waals surface area contributed by atoms with Crippen molar-refractivity contribution in [2.75, 3.05) is 0 Å². The number of piperidine rings is 1. The summed E-state index contributed by atoms with van der Waals surface area (Å²) >= 11 is 0. The number of pyridine rings is 1. The molecule has 5 rings (SSSR count). The fraction of sp³-hybridized carbons (Fsp3) is 0.476. The molecule has 2 atom stereocenters. The maximum absolute atomic E-state index is 12.9. The highest BCUT2D eigenvalue weighted by molar-refractivity contribution is 5.92. The van der Waals surface area contributed by atoms with Gasteiger partial charge in [0.05, 0.1) is 29.6 Å². The molecule has 146 valence electrons. The molecule has 0 spiro atoms. The number of hydrogen-bond donors (Lipinski definition) is 1. The minimum Gasteiger partial charge on any atom is -0.388 e. The van der Waals surface area contributed by atoms with Crippen molar-refractivity contribution in [3.8, 4) is 0 Å². The number of rotatable bonds is 3. The second-order valence-electron chi connectivity index (χ2n) is 8.37. The van der Waals surface area contributed by atoms with E-state index in [1.54, 1.807) is 12.3 Å². The fourth-order valence-electron chi connectivity index (χ4n) is 5.12. The molecule has 28 heavy (non-hydrogen) atoms. The Morgan fingerprint density at radius 2 is 2.04 bits per heavy atom. The van der Waals surface area contributed by atoms with Crippen LogP contribution in [0.4, 0.5) is 0 Å². The van der Waals surface area contributed by atoms with Crippen molar-refractivity contribution in [3.05, 3.63) is 47.7 Å². The lowest BCUT2D eigenvalue weighted by Crippen LogP contribution is -2.54. The van der Waals surface area contributed by atoms with Gasteiger partial charge in [0.25, 0.3) is 5.91 Å². The van der Waals surface area contributed by atoms with E-state index < -0.39 is 5.60 Å². The Hall–Kier alpha value is -2.67. The van der Waals surface area contributed by atoms with E-state index in [0.29, 0.717) is 25.1 Å². The zero-order valence-corrected chi connectivity index (χ0v) is 16.1. The van der Waals surface area contributed by atoms with Gasteiger partial charge in [-0.25, -0.2) is 0 Å². The first-order chi connectivity index (χ1) is 13.4. The number of aryl methyl sites for hydroxylation is 2. The van der Waals surface area contributed by atoms with Gasteiger partial charge in [0.2, 0.25) is 5.76 Å². The first kappa shape index (κ1) is 17.4. The average Bonchev–Trinajstić information content (AvgIpc) is 3.30. The predicted octanol–water partition coefficient (Wildman–Crippen LogP) is 2.84. The minimum absolute atomic E-state index is 0.0295. The quantitative estimate of drug-likeness (QED) is 0.755. The predicted molar refractivity (Wildman–Crippen MR) is 103 cm³/mol. The van der Waals surface area contributed by atoms with E-state index in [0.717, 1.165) is 29.4 Å².